The van der Waals surface area contributed by atoms with Gasteiger partial charge >= 0.3 is 0 Å². The Balaban J connectivity index is 1.32. The van der Waals surface area contributed by atoms with Crippen LogP contribution in [0.5, 0.6) is 17.2 Å². The van der Waals surface area contributed by atoms with E-state index in [1.54, 1.807) is 25.3 Å². The first-order valence-corrected chi connectivity index (χ1v) is 11.9. The van der Waals surface area contributed by atoms with Crippen molar-refractivity contribution in [2.45, 2.75) is 12.5 Å². The Morgan fingerprint density at radius 1 is 1.00 bits per heavy atom. The molecule has 3 aromatic carbocycles. The Labute approximate surface area is 211 Å². The van der Waals surface area contributed by atoms with Crippen molar-refractivity contribution in [3.05, 3.63) is 83.9 Å². The molecule has 0 bridgehead atoms. The highest BCUT2D eigenvalue weighted by Crippen LogP contribution is 2.32. The third kappa shape index (κ3) is 5.28. The standard InChI is InChI=1S/C26H22N4O5S/c1-33-19-10-7-17(8-11-19)25-29-30-26(36-25)28-24(32)20(13-16-5-3-2-4-6-16)27-23(31)18-9-12-21-22(14-18)35-15-34-21/h2-12,14,20H,13,15H2,1H3,(H,27,31)(H,28,30,32). The zero-order valence-corrected chi connectivity index (χ0v) is 20.1. The average Bonchev–Trinajstić information content (AvgIpc) is 3.58. The zero-order chi connectivity index (χ0) is 24.9. The van der Waals surface area contributed by atoms with Gasteiger partial charge in [-0.15, -0.1) is 10.2 Å². The maximum atomic E-state index is 13.3. The molecule has 0 saturated heterocycles. The van der Waals surface area contributed by atoms with Crippen LogP contribution >= 0.6 is 11.3 Å². The van der Waals surface area contributed by atoms with E-state index in [-0.39, 0.29) is 6.79 Å². The van der Waals surface area contributed by atoms with Gasteiger partial charge in [0.1, 0.15) is 16.8 Å². The fraction of sp³-hybridized carbons (Fsp3) is 0.154. The molecule has 0 aliphatic carbocycles. The molecule has 36 heavy (non-hydrogen) atoms. The van der Waals surface area contributed by atoms with Gasteiger partial charge in [0, 0.05) is 17.5 Å². The third-order valence-electron chi connectivity index (χ3n) is 5.53. The number of benzene rings is 3. The smallest absolute Gasteiger partial charge is 0.252 e. The molecular weight excluding hydrogens is 480 g/mol. The van der Waals surface area contributed by atoms with Crippen molar-refractivity contribution in [2.75, 3.05) is 19.2 Å². The molecule has 2 N–H and O–H groups in total. The molecule has 1 unspecified atom stereocenters. The Hall–Kier alpha value is -4.44. The lowest BCUT2D eigenvalue weighted by Gasteiger charge is -2.18. The highest BCUT2D eigenvalue weighted by atomic mass is 32.1. The minimum atomic E-state index is -0.848. The lowest BCUT2D eigenvalue weighted by atomic mass is 10.0. The summed E-state index contributed by atoms with van der Waals surface area (Å²) in [5.74, 6) is 1.00. The minimum absolute atomic E-state index is 0.111. The van der Waals surface area contributed by atoms with Crippen LogP contribution in [0.3, 0.4) is 0 Å². The highest BCUT2D eigenvalue weighted by Gasteiger charge is 2.25. The fourth-order valence-corrected chi connectivity index (χ4v) is 4.41. The number of carbonyl (C=O) groups excluding carboxylic acids is 2. The van der Waals surface area contributed by atoms with Crippen LogP contribution in [0.2, 0.25) is 0 Å². The summed E-state index contributed by atoms with van der Waals surface area (Å²) in [6.07, 6.45) is 0.299. The minimum Gasteiger partial charge on any atom is -0.497 e. The largest absolute Gasteiger partial charge is 0.497 e. The van der Waals surface area contributed by atoms with Crippen LogP contribution in [0.25, 0.3) is 10.6 Å². The summed E-state index contributed by atoms with van der Waals surface area (Å²) in [5, 5.41) is 14.9. The van der Waals surface area contributed by atoms with Gasteiger partial charge < -0.3 is 19.5 Å². The van der Waals surface area contributed by atoms with Gasteiger partial charge in [-0.2, -0.15) is 0 Å². The second-order valence-corrected chi connectivity index (χ2v) is 8.89. The molecule has 2 heterocycles. The van der Waals surface area contributed by atoms with E-state index in [1.165, 1.54) is 11.3 Å². The summed E-state index contributed by atoms with van der Waals surface area (Å²) in [7, 11) is 1.60. The van der Waals surface area contributed by atoms with Gasteiger partial charge in [-0.25, -0.2) is 0 Å². The van der Waals surface area contributed by atoms with Crippen molar-refractivity contribution in [3.63, 3.8) is 0 Å². The van der Waals surface area contributed by atoms with Crippen molar-refractivity contribution < 1.29 is 23.8 Å². The number of nitrogens with zero attached hydrogens (tertiary/aromatic N) is 2. The number of hydrogen-bond acceptors (Lipinski definition) is 8. The number of anilines is 1. The van der Waals surface area contributed by atoms with E-state index >= 15 is 0 Å². The maximum absolute atomic E-state index is 13.3. The van der Waals surface area contributed by atoms with Crippen molar-refractivity contribution in [1.82, 2.24) is 15.5 Å². The van der Waals surface area contributed by atoms with E-state index in [2.05, 4.69) is 20.8 Å². The Kier molecular flexibility index (Phi) is 6.76. The maximum Gasteiger partial charge on any atom is 0.252 e. The number of aromatic nitrogens is 2. The number of fused-ring (bicyclic) bond motifs is 1. The molecule has 2 amide bonds. The summed E-state index contributed by atoms with van der Waals surface area (Å²) in [5.41, 5.74) is 2.12. The summed E-state index contributed by atoms with van der Waals surface area (Å²) < 4.78 is 15.9. The molecule has 182 valence electrons. The molecule has 0 radical (unpaired) electrons. The van der Waals surface area contributed by atoms with Crippen LogP contribution in [-0.4, -0.2) is 42.0 Å². The van der Waals surface area contributed by atoms with Gasteiger partial charge in [-0.3, -0.25) is 14.9 Å². The molecule has 10 heteroatoms. The number of amides is 2. The molecule has 0 fully saturated rings. The van der Waals surface area contributed by atoms with Gasteiger partial charge in [0.25, 0.3) is 5.91 Å². The Morgan fingerprint density at radius 3 is 2.56 bits per heavy atom. The number of rotatable bonds is 8. The van der Waals surface area contributed by atoms with Crippen molar-refractivity contribution >= 4 is 28.3 Å². The van der Waals surface area contributed by atoms with Gasteiger partial charge in [-0.05, 0) is 48.0 Å². The number of nitrogens with one attached hydrogen (secondary N) is 2. The molecule has 1 aliphatic heterocycles. The van der Waals surface area contributed by atoms with E-state index in [9.17, 15) is 9.59 Å². The lowest BCUT2D eigenvalue weighted by Crippen LogP contribution is -2.45. The molecule has 5 rings (SSSR count). The predicted octanol–water partition coefficient (Wildman–Crippen LogP) is 3.92. The molecule has 0 spiro atoms. The monoisotopic (exact) mass is 502 g/mol. The van der Waals surface area contributed by atoms with Crippen LogP contribution < -0.4 is 24.8 Å². The lowest BCUT2D eigenvalue weighted by molar-refractivity contribution is -0.118. The van der Waals surface area contributed by atoms with E-state index in [0.29, 0.717) is 33.6 Å². The van der Waals surface area contributed by atoms with Crippen LogP contribution in [0.1, 0.15) is 15.9 Å². The number of methoxy groups -OCH3 is 1. The highest BCUT2D eigenvalue weighted by molar-refractivity contribution is 7.18. The molecular formula is C26H22N4O5S. The van der Waals surface area contributed by atoms with Gasteiger partial charge in [-0.1, -0.05) is 41.7 Å². The van der Waals surface area contributed by atoms with Gasteiger partial charge in [0.05, 0.1) is 7.11 Å². The SMILES string of the molecule is COc1ccc(-c2nnc(NC(=O)C(Cc3ccccc3)NC(=O)c3ccc4c(c3)OCO4)s2)cc1. The number of carbonyl (C=O) groups is 2. The molecule has 9 nitrogen and oxygen atoms in total. The fourth-order valence-electron chi connectivity index (χ4n) is 3.65. The van der Waals surface area contributed by atoms with Gasteiger partial charge in [0.15, 0.2) is 11.5 Å². The molecule has 4 aromatic rings. The summed E-state index contributed by atoms with van der Waals surface area (Å²) >= 11 is 1.24. The molecule has 0 saturated carbocycles. The second kappa shape index (κ2) is 10.4. The van der Waals surface area contributed by atoms with Crippen LogP contribution in [0, 0.1) is 0 Å². The van der Waals surface area contributed by atoms with Gasteiger partial charge in [0.2, 0.25) is 17.8 Å². The molecule has 1 aliphatic rings. The van der Waals surface area contributed by atoms with Crippen molar-refractivity contribution in [3.8, 4) is 27.8 Å². The van der Waals surface area contributed by atoms with E-state index in [1.807, 2.05) is 54.6 Å². The molecule has 1 aromatic heterocycles. The van der Waals surface area contributed by atoms with Crippen molar-refractivity contribution in [1.29, 1.82) is 0 Å². The van der Waals surface area contributed by atoms with Crippen LogP contribution in [0.15, 0.2) is 72.8 Å². The quantitative estimate of drug-likeness (QED) is 0.376. The first kappa shape index (κ1) is 23.3. The number of ether oxygens (including phenoxy) is 3. The second-order valence-electron chi connectivity index (χ2n) is 7.91. The third-order valence-corrected chi connectivity index (χ3v) is 6.42. The first-order chi connectivity index (χ1) is 17.6. The van der Waals surface area contributed by atoms with E-state index in [4.69, 9.17) is 14.2 Å². The van der Waals surface area contributed by atoms with Crippen LogP contribution in [0.4, 0.5) is 5.13 Å². The average molecular weight is 503 g/mol. The number of hydrogen-bond donors (Lipinski definition) is 2. The molecule has 1 atom stereocenters. The van der Waals surface area contributed by atoms with Crippen molar-refractivity contribution in [2.24, 2.45) is 0 Å². The van der Waals surface area contributed by atoms with E-state index in [0.717, 1.165) is 16.9 Å². The summed E-state index contributed by atoms with van der Waals surface area (Å²) in [4.78, 5) is 26.3. The Morgan fingerprint density at radius 2 is 1.78 bits per heavy atom. The first-order valence-electron chi connectivity index (χ1n) is 11.1. The summed E-state index contributed by atoms with van der Waals surface area (Å²) in [6, 6.07) is 20.9. The normalized spacial score (nSPS) is 12.6. The topological polar surface area (TPSA) is 112 Å². The predicted molar refractivity (Wildman–Crippen MR) is 134 cm³/mol. The van der Waals surface area contributed by atoms with E-state index < -0.39 is 17.9 Å². The zero-order valence-electron chi connectivity index (χ0n) is 19.3. The summed E-state index contributed by atoms with van der Waals surface area (Å²) in [6.45, 7) is 0.111. The Bertz CT molecular complexity index is 1370. The van der Waals surface area contributed by atoms with Crippen LogP contribution in [-0.2, 0) is 11.2 Å².